The van der Waals surface area contributed by atoms with Gasteiger partial charge >= 0.3 is 0 Å². The van der Waals surface area contributed by atoms with Crippen LogP contribution in [0.5, 0.6) is 0 Å². The second kappa shape index (κ2) is 5.88. The van der Waals surface area contributed by atoms with Crippen LogP contribution in [0.1, 0.15) is 30.4 Å². The Morgan fingerprint density at radius 2 is 2.10 bits per heavy atom. The lowest BCUT2D eigenvalue weighted by molar-refractivity contribution is -0.157. The largest absolute Gasteiger partial charge is 0.331 e. The standard InChI is InChI=1S/C17H22N2O2/c1-13-5-4-6-14(11-13)8-10-18-12-16(20)19-9-3-2-7-15(19)17(18)21/h4-6,11,15H,2-3,7-10,12H2,1H3. The fourth-order valence-electron chi connectivity index (χ4n) is 3.35. The second-order valence-corrected chi connectivity index (χ2v) is 6.10. The van der Waals surface area contributed by atoms with E-state index in [0.29, 0.717) is 6.54 Å². The molecule has 0 spiro atoms. The highest BCUT2D eigenvalue weighted by Gasteiger charge is 2.39. The molecule has 1 unspecified atom stereocenters. The smallest absolute Gasteiger partial charge is 0.245 e. The average molecular weight is 286 g/mol. The summed E-state index contributed by atoms with van der Waals surface area (Å²) >= 11 is 0. The van der Waals surface area contributed by atoms with E-state index >= 15 is 0 Å². The number of carbonyl (C=O) groups excluding carboxylic acids is 2. The van der Waals surface area contributed by atoms with Crippen molar-refractivity contribution >= 4 is 11.8 Å². The summed E-state index contributed by atoms with van der Waals surface area (Å²) in [5.74, 6) is 0.255. The van der Waals surface area contributed by atoms with Gasteiger partial charge in [-0.25, -0.2) is 0 Å². The van der Waals surface area contributed by atoms with Crippen LogP contribution in [0.15, 0.2) is 24.3 Å². The summed E-state index contributed by atoms with van der Waals surface area (Å²) in [7, 11) is 0. The van der Waals surface area contributed by atoms with Crippen molar-refractivity contribution in [1.29, 1.82) is 0 Å². The normalized spacial score (nSPS) is 22.4. The van der Waals surface area contributed by atoms with E-state index in [1.54, 1.807) is 9.80 Å². The number of hydrogen-bond acceptors (Lipinski definition) is 2. The fourth-order valence-corrected chi connectivity index (χ4v) is 3.35. The summed E-state index contributed by atoms with van der Waals surface area (Å²) in [5, 5.41) is 0. The quantitative estimate of drug-likeness (QED) is 0.849. The Labute approximate surface area is 125 Å². The number of hydrogen-bond donors (Lipinski definition) is 0. The van der Waals surface area contributed by atoms with Crippen LogP contribution >= 0.6 is 0 Å². The molecule has 0 aromatic heterocycles. The fraction of sp³-hybridized carbons (Fsp3) is 0.529. The van der Waals surface area contributed by atoms with Gasteiger partial charge in [0.25, 0.3) is 0 Å². The van der Waals surface area contributed by atoms with E-state index in [4.69, 9.17) is 0 Å². The Bertz CT molecular complexity index is 555. The first-order valence-corrected chi connectivity index (χ1v) is 7.79. The molecule has 0 bridgehead atoms. The molecular formula is C17H22N2O2. The van der Waals surface area contributed by atoms with Gasteiger partial charge < -0.3 is 9.80 Å². The van der Waals surface area contributed by atoms with Crippen molar-refractivity contribution in [3.8, 4) is 0 Å². The van der Waals surface area contributed by atoms with Gasteiger partial charge in [-0.15, -0.1) is 0 Å². The van der Waals surface area contributed by atoms with Gasteiger partial charge in [0, 0.05) is 13.1 Å². The Morgan fingerprint density at radius 1 is 1.24 bits per heavy atom. The van der Waals surface area contributed by atoms with E-state index in [1.165, 1.54) is 11.1 Å². The Balaban J connectivity index is 1.65. The summed E-state index contributed by atoms with van der Waals surface area (Å²) in [5.41, 5.74) is 2.45. The number of amides is 2. The molecule has 2 heterocycles. The molecule has 2 aliphatic heterocycles. The molecule has 4 heteroatoms. The van der Waals surface area contributed by atoms with Gasteiger partial charge in [0.1, 0.15) is 6.04 Å². The Hall–Kier alpha value is -1.84. The second-order valence-electron chi connectivity index (χ2n) is 6.10. The third-order valence-corrected chi connectivity index (χ3v) is 4.50. The highest BCUT2D eigenvalue weighted by Crippen LogP contribution is 2.23. The van der Waals surface area contributed by atoms with Gasteiger partial charge in [-0.1, -0.05) is 29.8 Å². The molecular weight excluding hydrogens is 264 g/mol. The number of piperazine rings is 1. The van der Waals surface area contributed by atoms with Crippen LogP contribution < -0.4 is 0 Å². The van der Waals surface area contributed by atoms with Crippen LogP contribution in [-0.2, 0) is 16.0 Å². The molecule has 2 amide bonds. The zero-order valence-corrected chi connectivity index (χ0v) is 12.5. The molecule has 4 nitrogen and oxygen atoms in total. The average Bonchev–Trinajstić information content (AvgIpc) is 2.50. The van der Waals surface area contributed by atoms with Gasteiger partial charge in [0.2, 0.25) is 11.8 Å². The lowest BCUT2D eigenvalue weighted by Crippen LogP contribution is -2.61. The molecule has 21 heavy (non-hydrogen) atoms. The van der Waals surface area contributed by atoms with E-state index in [9.17, 15) is 9.59 Å². The van der Waals surface area contributed by atoms with Crippen LogP contribution in [-0.4, -0.2) is 47.3 Å². The monoisotopic (exact) mass is 286 g/mol. The molecule has 1 aromatic carbocycles. The van der Waals surface area contributed by atoms with Crippen LogP contribution in [0.4, 0.5) is 0 Å². The van der Waals surface area contributed by atoms with E-state index in [-0.39, 0.29) is 24.4 Å². The van der Waals surface area contributed by atoms with E-state index < -0.39 is 0 Å². The van der Waals surface area contributed by atoms with Gasteiger partial charge in [-0.2, -0.15) is 0 Å². The Morgan fingerprint density at radius 3 is 2.90 bits per heavy atom. The summed E-state index contributed by atoms with van der Waals surface area (Å²) < 4.78 is 0. The molecule has 1 atom stereocenters. The van der Waals surface area contributed by atoms with Crippen LogP contribution in [0.2, 0.25) is 0 Å². The van der Waals surface area contributed by atoms with Gasteiger partial charge in [0.15, 0.2) is 0 Å². The number of carbonyl (C=O) groups is 2. The number of piperidine rings is 1. The predicted octanol–water partition coefficient (Wildman–Crippen LogP) is 1.76. The van der Waals surface area contributed by atoms with Crippen LogP contribution in [0, 0.1) is 6.92 Å². The molecule has 2 fully saturated rings. The molecule has 0 saturated carbocycles. The summed E-state index contributed by atoms with van der Waals surface area (Å²) in [6, 6.07) is 8.13. The van der Waals surface area contributed by atoms with E-state index in [0.717, 1.165) is 32.2 Å². The zero-order chi connectivity index (χ0) is 14.8. The van der Waals surface area contributed by atoms with Crippen molar-refractivity contribution < 1.29 is 9.59 Å². The highest BCUT2D eigenvalue weighted by molar-refractivity contribution is 5.95. The maximum absolute atomic E-state index is 12.5. The van der Waals surface area contributed by atoms with Crippen molar-refractivity contribution in [2.45, 2.75) is 38.6 Å². The minimum Gasteiger partial charge on any atom is -0.331 e. The summed E-state index contributed by atoms with van der Waals surface area (Å²) in [6.45, 7) is 3.71. The molecule has 2 aliphatic rings. The zero-order valence-electron chi connectivity index (χ0n) is 12.5. The van der Waals surface area contributed by atoms with Crippen molar-refractivity contribution in [3.63, 3.8) is 0 Å². The van der Waals surface area contributed by atoms with Gasteiger partial charge in [-0.3, -0.25) is 9.59 Å². The van der Waals surface area contributed by atoms with Gasteiger partial charge in [0.05, 0.1) is 6.54 Å². The first-order chi connectivity index (χ1) is 10.1. The minimum atomic E-state index is -0.197. The maximum atomic E-state index is 12.5. The van der Waals surface area contributed by atoms with Crippen LogP contribution in [0.25, 0.3) is 0 Å². The maximum Gasteiger partial charge on any atom is 0.245 e. The first kappa shape index (κ1) is 14.1. The number of rotatable bonds is 3. The predicted molar refractivity (Wildman–Crippen MR) is 80.8 cm³/mol. The molecule has 0 radical (unpaired) electrons. The third kappa shape index (κ3) is 2.94. The van der Waals surface area contributed by atoms with Crippen molar-refractivity contribution in [1.82, 2.24) is 9.80 Å². The van der Waals surface area contributed by atoms with Crippen molar-refractivity contribution in [3.05, 3.63) is 35.4 Å². The summed E-state index contributed by atoms with van der Waals surface area (Å²) in [4.78, 5) is 28.2. The highest BCUT2D eigenvalue weighted by atomic mass is 16.2. The molecule has 112 valence electrons. The number of aryl methyl sites for hydroxylation is 1. The van der Waals surface area contributed by atoms with Crippen molar-refractivity contribution in [2.75, 3.05) is 19.6 Å². The molecule has 2 saturated heterocycles. The summed E-state index contributed by atoms with van der Waals surface area (Å²) in [6.07, 6.45) is 3.71. The van der Waals surface area contributed by atoms with Crippen LogP contribution in [0.3, 0.4) is 0 Å². The molecule has 0 aliphatic carbocycles. The number of benzene rings is 1. The topological polar surface area (TPSA) is 40.6 Å². The molecule has 0 N–H and O–H groups in total. The number of fused-ring (bicyclic) bond motifs is 1. The Kier molecular flexibility index (Phi) is 3.95. The van der Waals surface area contributed by atoms with E-state index in [1.807, 2.05) is 6.07 Å². The molecule has 3 rings (SSSR count). The first-order valence-electron chi connectivity index (χ1n) is 7.79. The lowest BCUT2D eigenvalue weighted by atomic mass is 9.98. The van der Waals surface area contributed by atoms with Crippen molar-refractivity contribution in [2.24, 2.45) is 0 Å². The SMILES string of the molecule is Cc1cccc(CCN2CC(=O)N3CCCCC3C2=O)c1. The number of nitrogens with zero attached hydrogens (tertiary/aromatic N) is 2. The third-order valence-electron chi connectivity index (χ3n) is 4.50. The lowest BCUT2D eigenvalue weighted by Gasteiger charge is -2.42. The minimum absolute atomic E-state index is 0.114. The molecule has 1 aromatic rings. The van der Waals surface area contributed by atoms with E-state index in [2.05, 4.69) is 25.1 Å². The van der Waals surface area contributed by atoms with Gasteiger partial charge in [-0.05, 0) is 38.2 Å².